The average Bonchev–Trinajstić information content (AvgIpc) is 3.24. The average molecular weight is 492 g/mol. The van der Waals surface area contributed by atoms with E-state index in [2.05, 4.69) is 35.8 Å². The second-order valence-corrected chi connectivity index (χ2v) is 9.07. The minimum atomic E-state index is -0.583. The van der Waals surface area contributed by atoms with Gasteiger partial charge in [-0.25, -0.2) is 4.39 Å². The van der Waals surface area contributed by atoms with E-state index in [4.69, 9.17) is 0 Å². The molecule has 5 rings (SSSR count). The van der Waals surface area contributed by atoms with Crippen LogP contribution in [-0.4, -0.2) is 16.4 Å². The molecule has 0 aliphatic heterocycles. The lowest BCUT2D eigenvalue weighted by Gasteiger charge is -2.14. The largest absolute Gasteiger partial charge is 0.332 e. The number of benzene rings is 4. The van der Waals surface area contributed by atoms with Crippen molar-refractivity contribution in [2.24, 2.45) is 0 Å². The van der Waals surface area contributed by atoms with Crippen molar-refractivity contribution in [2.45, 2.75) is 20.4 Å². The predicted octanol–water partition coefficient (Wildman–Crippen LogP) is 6.95. The molecule has 4 aromatic carbocycles. The van der Waals surface area contributed by atoms with Crippen LogP contribution in [0.2, 0.25) is 0 Å². The molecule has 0 spiro atoms. The second kappa shape index (κ2) is 10.1. The quantitative estimate of drug-likeness (QED) is 0.270. The van der Waals surface area contributed by atoms with E-state index in [0.717, 1.165) is 27.6 Å². The van der Waals surface area contributed by atoms with Gasteiger partial charge in [0.25, 0.3) is 11.8 Å². The molecule has 0 fully saturated rings. The standard InChI is InChI=1S/C31H26FN3O2/c1-20-12-13-21(2)23(16-20)19-35-28-15-14-25(34-30(36)26-10-6-7-11-27(26)32)17-22(28)18-29(35)31(37)33-24-8-4-3-5-9-24/h3-18H,19H2,1-2H3,(H,33,37)(H,34,36). The van der Waals surface area contributed by atoms with Gasteiger partial charge in [-0.3, -0.25) is 9.59 Å². The van der Waals surface area contributed by atoms with Crippen LogP contribution in [-0.2, 0) is 6.54 Å². The fourth-order valence-corrected chi connectivity index (χ4v) is 4.41. The molecule has 0 unspecified atom stereocenters. The highest BCUT2D eigenvalue weighted by atomic mass is 19.1. The number of anilines is 2. The summed E-state index contributed by atoms with van der Waals surface area (Å²) in [5, 5.41) is 6.53. The second-order valence-electron chi connectivity index (χ2n) is 9.07. The number of amides is 2. The van der Waals surface area contributed by atoms with E-state index < -0.39 is 11.7 Å². The molecule has 6 heteroatoms. The van der Waals surface area contributed by atoms with Gasteiger partial charge in [0.2, 0.25) is 0 Å². The Morgan fingerprint density at radius 1 is 0.757 bits per heavy atom. The summed E-state index contributed by atoms with van der Waals surface area (Å²) in [4.78, 5) is 26.0. The number of fused-ring (bicyclic) bond motifs is 1. The molecule has 2 N–H and O–H groups in total. The first-order chi connectivity index (χ1) is 17.9. The van der Waals surface area contributed by atoms with Crippen LogP contribution >= 0.6 is 0 Å². The topological polar surface area (TPSA) is 63.1 Å². The third-order valence-corrected chi connectivity index (χ3v) is 6.38. The van der Waals surface area contributed by atoms with Crippen LogP contribution in [0.5, 0.6) is 0 Å². The zero-order chi connectivity index (χ0) is 25.9. The lowest BCUT2D eigenvalue weighted by molar-refractivity contribution is 0.101. The Morgan fingerprint density at radius 2 is 1.49 bits per heavy atom. The van der Waals surface area contributed by atoms with E-state index in [1.54, 1.807) is 24.3 Å². The Balaban J connectivity index is 1.53. The zero-order valence-corrected chi connectivity index (χ0v) is 20.6. The van der Waals surface area contributed by atoms with Crippen LogP contribution in [0, 0.1) is 19.7 Å². The first-order valence-electron chi connectivity index (χ1n) is 12.0. The Bertz CT molecular complexity index is 1620. The molecule has 184 valence electrons. The Labute approximate surface area is 214 Å². The number of para-hydroxylation sites is 1. The number of halogens is 1. The molecule has 0 aliphatic carbocycles. The SMILES string of the molecule is Cc1ccc(C)c(Cn2c(C(=O)Nc3ccccc3)cc3cc(NC(=O)c4ccccc4F)ccc32)c1. The van der Waals surface area contributed by atoms with Gasteiger partial charge in [-0.1, -0.05) is 54.1 Å². The smallest absolute Gasteiger partial charge is 0.272 e. The number of nitrogens with one attached hydrogen (secondary N) is 2. The van der Waals surface area contributed by atoms with Crippen molar-refractivity contribution >= 4 is 34.1 Å². The molecule has 0 saturated heterocycles. The molecule has 1 heterocycles. The van der Waals surface area contributed by atoms with Crippen LogP contribution in [0.15, 0.2) is 97.1 Å². The maximum atomic E-state index is 14.1. The summed E-state index contributed by atoms with van der Waals surface area (Å²) in [7, 11) is 0. The molecular formula is C31H26FN3O2. The van der Waals surface area contributed by atoms with Crippen molar-refractivity contribution in [3.05, 3.63) is 131 Å². The number of carbonyl (C=O) groups is 2. The summed E-state index contributed by atoms with van der Waals surface area (Å²) < 4.78 is 16.1. The first kappa shape index (κ1) is 24.0. The molecule has 5 nitrogen and oxygen atoms in total. The van der Waals surface area contributed by atoms with Gasteiger partial charge >= 0.3 is 0 Å². The zero-order valence-electron chi connectivity index (χ0n) is 20.6. The number of aryl methyl sites for hydroxylation is 2. The van der Waals surface area contributed by atoms with Gasteiger partial charge in [-0.2, -0.15) is 0 Å². The monoisotopic (exact) mass is 491 g/mol. The molecule has 0 bridgehead atoms. The third-order valence-electron chi connectivity index (χ3n) is 6.38. The highest BCUT2D eigenvalue weighted by Gasteiger charge is 2.18. The number of aromatic nitrogens is 1. The van der Waals surface area contributed by atoms with Crippen molar-refractivity contribution < 1.29 is 14.0 Å². The van der Waals surface area contributed by atoms with Crippen LogP contribution in [0.25, 0.3) is 10.9 Å². The Kier molecular flexibility index (Phi) is 6.56. The molecule has 0 saturated carbocycles. The van der Waals surface area contributed by atoms with Gasteiger partial charge in [-0.05, 0) is 73.5 Å². The maximum Gasteiger partial charge on any atom is 0.272 e. The lowest BCUT2D eigenvalue weighted by atomic mass is 10.1. The van der Waals surface area contributed by atoms with Crippen LogP contribution in [0.4, 0.5) is 15.8 Å². The summed E-state index contributed by atoms with van der Waals surface area (Å²) in [5.74, 6) is -1.35. The Morgan fingerprint density at radius 3 is 2.27 bits per heavy atom. The van der Waals surface area contributed by atoms with E-state index in [9.17, 15) is 14.0 Å². The minimum absolute atomic E-state index is 0.0296. The number of rotatable bonds is 6. The van der Waals surface area contributed by atoms with E-state index in [1.165, 1.54) is 12.1 Å². The number of hydrogen-bond acceptors (Lipinski definition) is 2. The van der Waals surface area contributed by atoms with Crippen LogP contribution in [0.3, 0.4) is 0 Å². The molecular weight excluding hydrogens is 465 g/mol. The number of hydrogen-bond donors (Lipinski definition) is 2. The third kappa shape index (κ3) is 5.14. The number of nitrogens with zero attached hydrogens (tertiary/aromatic N) is 1. The van der Waals surface area contributed by atoms with Crippen LogP contribution in [0.1, 0.15) is 37.5 Å². The summed E-state index contributed by atoms with van der Waals surface area (Å²) in [6, 6.07) is 28.7. The highest BCUT2D eigenvalue weighted by molar-refractivity contribution is 6.08. The normalized spacial score (nSPS) is 10.9. The fourth-order valence-electron chi connectivity index (χ4n) is 4.41. The van der Waals surface area contributed by atoms with Gasteiger partial charge in [0.05, 0.1) is 5.56 Å². The van der Waals surface area contributed by atoms with E-state index in [-0.39, 0.29) is 11.5 Å². The van der Waals surface area contributed by atoms with Gasteiger partial charge in [0.1, 0.15) is 11.5 Å². The van der Waals surface area contributed by atoms with Crippen molar-refractivity contribution in [3.63, 3.8) is 0 Å². The maximum absolute atomic E-state index is 14.1. The van der Waals surface area contributed by atoms with E-state index in [1.807, 2.05) is 54.0 Å². The summed E-state index contributed by atoms with van der Waals surface area (Å²) in [5.41, 5.74) is 5.93. The number of carbonyl (C=O) groups excluding carboxylic acids is 2. The molecule has 1 aromatic heterocycles. The lowest BCUT2D eigenvalue weighted by Crippen LogP contribution is -2.17. The molecule has 0 radical (unpaired) electrons. The van der Waals surface area contributed by atoms with Crippen molar-refractivity contribution in [3.8, 4) is 0 Å². The van der Waals surface area contributed by atoms with Crippen molar-refractivity contribution in [1.82, 2.24) is 4.57 Å². The van der Waals surface area contributed by atoms with Crippen molar-refractivity contribution in [2.75, 3.05) is 10.6 Å². The molecule has 0 atom stereocenters. The van der Waals surface area contributed by atoms with E-state index >= 15 is 0 Å². The van der Waals surface area contributed by atoms with Gasteiger partial charge < -0.3 is 15.2 Å². The summed E-state index contributed by atoms with van der Waals surface area (Å²) in [6.07, 6.45) is 0. The fraction of sp³-hybridized carbons (Fsp3) is 0.0968. The van der Waals surface area contributed by atoms with E-state index in [0.29, 0.717) is 23.6 Å². The molecule has 37 heavy (non-hydrogen) atoms. The Hall–Kier alpha value is -4.71. The van der Waals surface area contributed by atoms with Gasteiger partial charge in [-0.15, -0.1) is 0 Å². The van der Waals surface area contributed by atoms with Crippen LogP contribution < -0.4 is 10.6 Å². The molecule has 5 aromatic rings. The molecule has 2 amide bonds. The predicted molar refractivity (Wildman–Crippen MR) is 146 cm³/mol. The van der Waals surface area contributed by atoms with Gasteiger partial charge in [0.15, 0.2) is 0 Å². The summed E-state index contributed by atoms with van der Waals surface area (Å²) in [6.45, 7) is 4.61. The van der Waals surface area contributed by atoms with Gasteiger partial charge in [0, 0.05) is 28.8 Å². The molecule has 0 aliphatic rings. The summed E-state index contributed by atoms with van der Waals surface area (Å²) >= 11 is 0. The van der Waals surface area contributed by atoms with Crippen molar-refractivity contribution in [1.29, 1.82) is 0 Å². The minimum Gasteiger partial charge on any atom is -0.332 e. The first-order valence-corrected chi connectivity index (χ1v) is 12.0. The highest BCUT2D eigenvalue weighted by Crippen LogP contribution is 2.27.